The van der Waals surface area contributed by atoms with E-state index in [0.717, 1.165) is 36.9 Å². The van der Waals surface area contributed by atoms with Gasteiger partial charge in [0, 0.05) is 31.6 Å². The van der Waals surface area contributed by atoms with Crippen molar-refractivity contribution in [3.05, 3.63) is 29.3 Å². The molecule has 5 nitrogen and oxygen atoms in total. The second-order valence-electron chi connectivity index (χ2n) is 7.92. The lowest BCUT2D eigenvalue weighted by Gasteiger charge is -2.33. The average molecular weight is 358 g/mol. The van der Waals surface area contributed by atoms with E-state index in [2.05, 4.69) is 11.4 Å². The van der Waals surface area contributed by atoms with E-state index < -0.39 is 0 Å². The highest BCUT2D eigenvalue weighted by molar-refractivity contribution is 5.92. The molecule has 1 aromatic rings. The second kappa shape index (κ2) is 8.21. The molecule has 1 saturated carbocycles. The Morgan fingerprint density at radius 3 is 2.46 bits per heavy atom. The third-order valence-corrected chi connectivity index (χ3v) is 5.75. The molecule has 3 rings (SSSR count). The van der Waals surface area contributed by atoms with E-state index in [0.29, 0.717) is 39.1 Å². The van der Waals surface area contributed by atoms with Crippen LogP contribution in [0.4, 0.5) is 5.69 Å². The summed E-state index contributed by atoms with van der Waals surface area (Å²) in [6.07, 6.45) is 5.04. The fourth-order valence-electron chi connectivity index (χ4n) is 4.28. The first-order chi connectivity index (χ1) is 12.5. The molecular formula is C21H30N2O3. The lowest BCUT2D eigenvalue weighted by molar-refractivity contribution is -0.138. The molecule has 2 amide bonds. The van der Waals surface area contributed by atoms with Crippen molar-refractivity contribution in [3.8, 4) is 0 Å². The molecule has 0 bridgehead atoms. The maximum Gasteiger partial charge on any atom is 0.224 e. The van der Waals surface area contributed by atoms with Crippen LogP contribution in [0.2, 0.25) is 0 Å². The number of amides is 2. The van der Waals surface area contributed by atoms with E-state index in [1.165, 1.54) is 5.56 Å². The minimum absolute atomic E-state index is 0.0219. The van der Waals surface area contributed by atoms with Crippen LogP contribution in [-0.2, 0) is 14.3 Å². The number of nitrogens with zero attached hydrogens (tertiary/aromatic N) is 1. The Balaban J connectivity index is 1.63. The number of carbonyl (C=O) groups excluding carboxylic acids is 2. The van der Waals surface area contributed by atoms with Crippen molar-refractivity contribution in [2.75, 3.05) is 31.6 Å². The smallest absolute Gasteiger partial charge is 0.224 e. The fourth-order valence-corrected chi connectivity index (χ4v) is 4.28. The van der Waals surface area contributed by atoms with Gasteiger partial charge in [0.05, 0.1) is 13.2 Å². The topological polar surface area (TPSA) is 58.6 Å². The van der Waals surface area contributed by atoms with Gasteiger partial charge in [0.2, 0.25) is 11.8 Å². The van der Waals surface area contributed by atoms with Crippen molar-refractivity contribution in [1.29, 1.82) is 0 Å². The number of aryl methyl sites for hydroxylation is 2. The normalized spacial score (nSPS) is 19.4. The van der Waals surface area contributed by atoms with Gasteiger partial charge in [0.15, 0.2) is 0 Å². The average Bonchev–Trinajstić information content (AvgIpc) is 3.06. The van der Waals surface area contributed by atoms with Crippen LogP contribution in [0.5, 0.6) is 0 Å². The number of morpholine rings is 1. The van der Waals surface area contributed by atoms with Crippen molar-refractivity contribution in [1.82, 2.24) is 4.90 Å². The molecule has 0 spiro atoms. The molecule has 2 fully saturated rings. The molecule has 0 aromatic heterocycles. The van der Waals surface area contributed by atoms with Crippen LogP contribution in [0, 0.1) is 19.3 Å². The minimum Gasteiger partial charge on any atom is -0.378 e. The molecule has 26 heavy (non-hydrogen) atoms. The van der Waals surface area contributed by atoms with E-state index in [4.69, 9.17) is 4.74 Å². The van der Waals surface area contributed by atoms with Gasteiger partial charge in [0.25, 0.3) is 0 Å². The van der Waals surface area contributed by atoms with E-state index in [-0.39, 0.29) is 17.2 Å². The third kappa shape index (κ3) is 4.64. The number of anilines is 1. The maximum absolute atomic E-state index is 12.7. The molecule has 1 heterocycles. The van der Waals surface area contributed by atoms with E-state index in [9.17, 15) is 9.59 Å². The number of hydrogen-bond acceptors (Lipinski definition) is 3. The molecule has 142 valence electrons. The molecule has 0 atom stereocenters. The highest BCUT2D eigenvalue weighted by Gasteiger charge is 2.39. The molecule has 0 unspecified atom stereocenters. The molecular weight excluding hydrogens is 328 g/mol. The van der Waals surface area contributed by atoms with Gasteiger partial charge in [-0.1, -0.05) is 30.5 Å². The van der Waals surface area contributed by atoms with Gasteiger partial charge in [-0.2, -0.15) is 0 Å². The first-order valence-electron chi connectivity index (χ1n) is 9.70. The summed E-state index contributed by atoms with van der Waals surface area (Å²) in [5.74, 6) is 0.197. The minimum atomic E-state index is -0.182. The molecule has 5 heteroatoms. The van der Waals surface area contributed by atoms with Gasteiger partial charge in [-0.15, -0.1) is 0 Å². The molecule has 1 aromatic carbocycles. The zero-order chi connectivity index (χ0) is 18.6. The largest absolute Gasteiger partial charge is 0.378 e. The fraction of sp³-hybridized carbons (Fsp3) is 0.619. The number of nitrogens with one attached hydrogen (secondary N) is 1. The Bertz CT molecular complexity index is 659. The first-order valence-corrected chi connectivity index (χ1v) is 9.70. The van der Waals surface area contributed by atoms with Crippen LogP contribution in [0.25, 0.3) is 0 Å². The Morgan fingerprint density at radius 2 is 1.81 bits per heavy atom. The summed E-state index contributed by atoms with van der Waals surface area (Å²) in [7, 11) is 0. The summed E-state index contributed by atoms with van der Waals surface area (Å²) in [5, 5.41) is 3.06. The van der Waals surface area contributed by atoms with Crippen LogP contribution < -0.4 is 5.32 Å². The van der Waals surface area contributed by atoms with Crippen LogP contribution in [0.15, 0.2) is 18.2 Å². The highest BCUT2D eigenvalue weighted by atomic mass is 16.5. The van der Waals surface area contributed by atoms with Crippen LogP contribution >= 0.6 is 0 Å². The van der Waals surface area contributed by atoms with Crippen molar-refractivity contribution in [2.45, 2.75) is 52.4 Å². The zero-order valence-electron chi connectivity index (χ0n) is 16.0. The van der Waals surface area contributed by atoms with Gasteiger partial charge < -0.3 is 15.0 Å². The monoisotopic (exact) mass is 358 g/mol. The Hall–Kier alpha value is -1.88. The number of ether oxygens (including phenoxy) is 1. The number of carbonyl (C=O) groups is 2. The summed E-state index contributed by atoms with van der Waals surface area (Å²) in [6, 6.07) is 6.04. The summed E-state index contributed by atoms with van der Waals surface area (Å²) in [6.45, 7) is 6.63. The molecule has 1 aliphatic heterocycles. The van der Waals surface area contributed by atoms with E-state index in [1.807, 2.05) is 30.9 Å². The number of benzene rings is 1. The van der Waals surface area contributed by atoms with Crippen molar-refractivity contribution in [2.24, 2.45) is 5.41 Å². The van der Waals surface area contributed by atoms with Crippen molar-refractivity contribution in [3.63, 3.8) is 0 Å². The summed E-state index contributed by atoms with van der Waals surface area (Å²) in [5.41, 5.74) is 2.94. The van der Waals surface area contributed by atoms with Crippen LogP contribution in [0.1, 0.15) is 49.7 Å². The predicted molar refractivity (Wildman–Crippen MR) is 102 cm³/mol. The van der Waals surface area contributed by atoms with Crippen molar-refractivity contribution < 1.29 is 14.3 Å². The predicted octanol–water partition coefficient (Wildman–Crippen LogP) is 3.44. The van der Waals surface area contributed by atoms with Gasteiger partial charge >= 0.3 is 0 Å². The summed E-state index contributed by atoms with van der Waals surface area (Å²) < 4.78 is 5.34. The standard InChI is InChI=1S/C21H30N2O3/c1-16-5-6-18(17(2)13-16)22-19(24)14-21(7-3-4-8-21)15-20(25)23-9-11-26-12-10-23/h5-6,13H,3-4,7-12,14-15H2,1-2H3,(H,22,24). The van der Waals surface area contributed by atoms with E-state index >= 15 is 0 Å². The quantitative estimate of drug-likeness (QED) is 0.877. The van der Waals surface area contributed by atoms with Gasteiger partial charge in [-0.05, 0) is 43.7 Å². The zero-order valence-corrected chi connectivity index (χ0v) is 16.0. The maximum atomic E-state index is 12.7. The van der Waals surface area contributed by atoms with Crippen LogP contribution in [0.3, 0.4) is 0 Å². The van der Waals surface area contributed by atoms with Gasteiger partial charge in [-0.3, -0.25) is 9.59 Å². The van der Waals surface area contributed by atoms with Crippen molar-refractivity contribution >= 4 is 17.5 Å². The van der Waals surface area contributed by atoms with Crippen LogP contribution in [-0.4, -0.2) is 43.0 Å². The molecule has 0 radical (unpaired) electrons. The number of rotatable bonds is 5. The summed E-state index contributed by atoms with van der Waals surface area (Å²) >= 11 is 0. The molecule has 2 aliphatic rings. The molecule has 1 aliphatic carbocycles. The lowest BCUT2D eigenvalue weighted by atomic mass is 9.78. The van der Waals surface area contributed by atoms with Gasteiger partial charge in [-0.25, -0.2) is 0 Å². The first kappa shape index (κ1) is 18.9. The third-order valence-electron chi connectivity index (χ3n) is 5.75. The summed E-state index contributed by atoms with van der Waals surface area (Å²) in [4.78, 5) is 27.3. The van der Waals surface area contributed by atoms with E-state index in [1.54, 1.807) is 0 Å². The SMILES string of the molecule is Cc1ccc(NC(=O)CC2(CC(=O)N3CCOCC3)CCCC2)c(C)c1. The number of hydrogen-bond donors (Lipinski definition) is 1. The Kier molecular flexibility index (Phi) is 5.97. The molecule has 1 saturated heterocycles. The molecule has 1 N–H and O–H groups in total. The Labute approximate surface area is 156 Å². The van der Waals surface area contributed by atoms with Gasteiger partial charge in [0.1, 0.15) is 0 Å². The highest BCUT2D eigenvalue weighted by Crippen LogP contribution is 2.44. The lowest BCUT2D eigenvalue weighted by Crippen LogP contribution is -2.43. The Morgan fingerprint density at radius 1 is 1.12 bits per heavy atom. The second-order valence-corrected chi connectivity index (χ2v) is 7.92.